The van der Waals surface area contributed by atoms with Crippen molar-refractivity contribution in [3.05, 3.63) is 71.4 Å². The molecule has 2 aromatic carbocycles. The third-order valence-electron chi connectivity index (χ3n) is 8.70. The van der Waals surface area contributed by atoms with Gasteiger partial charge in [-0.3, -0.25) is 9.59 Å². The molecule has 4 N–H and O–H groups in total. The standard InChI is InChI=1S/C32H42N4O3.ClH/c1-22(37)20-34-31(2,3)19-29(38)35-28(18-24-21-33-27-11-7-5-9-25(24)27)30(39)36-16-14-32(15-17-36)13-12-23-8-4-6-10-26(23)32;/h4-11,21-22,28,33-34,37H,12-20H2,1-3H3,(H,35,38);1H/t22-,28+;/m0./s1. The van der Waals surface area contributed by atoms with E-state index < -0.39 is 17.7 Å². The van der Waals surface area contributed by atoms with Gasteiger partial charge in [-0.05, 0) is 74.6 Å². The molecule has 0 saturated carbocycles. The average Bonchev–Trinajstić information content (AvgIpc) is 3.49. The second kappa shape index (κ2) is 12.3. The molecule has 1 spiro atoms. The largest absolute Gasteiger partial charge is 0.392 e. The van der Waals surface area contributed by atoms with E-state index in [1.807, 2.05) is 43.1 Å². The maximum Gasteiger partial charge on any atom is 0.245 e. The quantitative estimate of drug-likeness (QED) is 0.311. The predicted octanol–water partition coefficient (Wildman–Crippen LogP) is 4.26. The number of para-hydroxylation sites is 1. The number of hydrogen-bond donors (Lipinski definition) is 4. The fourth-order valence-corrected chi connectivity index (χ4v) is 6.51. The molecule has 2 heterocycles. The molecule has 0 bridgehead atoms. The van der Waals surface area contributed by atoms with Crippen LogP contribution in [0.4, 0.5) is 0 Å². The summed E-state index contributed by atoms with van der Waals surface area (Å²) < 4.78 is 0. The summed E-state index contributed by atoms with van der Waals surface area (Å²) >= 11 is 0. The summed E-state index contributed by atoms with van der Waals surface area (Å²) in [5.74, 6) is -0.181. The fourth-order valence-electron chi connectivity index (χ4n) is 6.51. The maximum absolute atomic E-state index is 14.0. The number of aryl methyl sites for hydroxylation is 1. The average molecular weight is 567 g/mol. The zero-order valence-electron chi connectivity index (χ0n) is 23.8. The first-order chi connectivity index (χ1) is 18.7. The summed E-state index contributed by atoms with van der Waals surface area (Å²) in [6, 6.07) is 16.2. The van der Waals surface area contributed by atoms with Gasteiger partial charge in [0.1, 0.15) is 6.04 Å². The van der Waals surface area contributed by atoms with E-state index in [0.29, 0.717) is 26.1 Å². The lowest BCUT2D eigenvalue weighted by atomic mass is 9.74. The Labute approximate surface area is 243 Å². The van der Waals surface area contributed by atoms with Crippen LogP contribution in [0, 0.1) is 0 Å². The lowest BCUT2D eigenvalue weighted by molar-refractivity contribution is -0.138. The van der Waals surface area contributed by atoms with Crippen LogP contribution >= 0.6 is 12.4 Å². The molecule has 216 valence electrons. The van der Waals surface area contributed by atoms with Crippen LogP contribution in [-0.2, 0) is 27.8 Å². The number of halogens is 1. The van der Waals surface area contributed by atoms with E-state index in [-0.39, 0.29) is 36.1 Å². The zero-order valence-corrected chi connectivity index (χ0v) is 24.7. The molecule has 2 aliphatic rings. The zero-order chi connectivity index (χ0) is 27.6. The summed E-state index contributed by atoms with van der Waals surface area (Å²) in [6.45, 7) is 7.40. The van der Waals surface area contributed by atoms with Crippen LogP contribution in [0.15, 0.2) is 54.7 Å². The van der Waals surface area contributed by atoms with Crippen LogP contribution in [0.1, 0.15) is 63.1 Å². The summed E-state index contributed by atoms with van der Waals surface area (Å²) in [7, 11) is 0. The highest BCUT2D eigenvalue weighted by Crippen LogP contribution is 2.46. The van der Waals surface area contributed by atoms with Crippen molar-refractivity contribution in [3.63, 3.8) is 0 Å². The maximum atomic E-state index is 14.0. The van der Waals surface area contributed by atoms with Crippen LogP contribution in [-0.4, -0.2) is 64.1 Å². The van der Waals surface area contributed by atoms with E-state index in [0.717, 1.165) is 42.1 Å². The van der Waals surface area contributed by atoms with Gasteiger partial charge in [0, 0.05) is 55.1 Å². The number of nitrogens with one attached hydrogen (secondary N) is 3. The van der Waals surface area contributed by atoms with Crippen molar-refractivity contribution in [2.24, 2.45) is 0 Å². The molecule has 8 heteroatoms. The molecule has 5 rings (SSSR count). The SMILES string of the molecule is C[C@H](O)CNC(C)(C)CC(=O)N[C@H](Cc1c[nH]c2ccccc12)C(=O)N1CCC2(CCc3ccccc32)CC1.Cl. The van der Waals surface area contributed by atoms with E-state index in [9.17, 15) is 14.7 Å². The van der Waals surface area contributed by atoms with Gasteiger partial charge in [-0.25, -0.2) is 0 Å². The number of β-amino-alcohol motifs (C(OH)–C–C–N with tert-alkyl or cyclic N) is 1. The first-order valence-corrected chi connectivity index (χ1v) is 14.3. The molecule has 1 aliphatic carbocycles. The molecule has 7 nitrogen and oxygen atoms in total. The monoisotopic (exact) mass is 566 g/mol. The molecular formula is C32H43ClN4O3. The smallest absolute Gasteiger partial charge is 0.245 e. The van der Waals surface area contributed by atoms with Crippen molar-refractivity contribution in [2.75, 3.05) is 19.6 Å². The Morgan fingerprint density at radius 2 is 1.77 bits per heavy atom. The third kappa shape index (κ3) is 6.54. The lowest BCUT2D eigenvalue weighted by Crippen LogP contribution is -2.54. The van der Waals surface area contributed by atoms with Crippen LogP contribution in [0.5, 0.6) is 0 Å². The highest BCUT2D eigenvalue weighted by atomic mass is 35.5. The number of hydrogen-bond acceptors (Lipinski definition) is 4. The number of aromatic nitrogens is 1. The van der Waals surface area contributed by atoms with Crippen molar-refractivity contribution in [2.45, 2.75) is 82.4 Å². The second-order valence-electron chi connectivity index (χ2n) is 12.2. The fraction of sp³-hybridized carbons (Fsp3) is 0.500. The summed E-state index contributed by atoms with van der Waals surface area (Å²) in [4.78, 5) is 32.5. The Balaban J connectivity index is 0.00000370. The molecule has 0 radical (unpaired) electrons. The van der Waals surface area contributed by atoms with Crippen LogP contribution in [0.2, 0.25) is 0 Å². The number of likely N-dealkylation sites (tertiary alicyclic amines) is 1. The number of fused-ring (bicyclic) bond motifs is 3. The number of carbonyl (C=O) groups excluding carboxylic acids is 2. The van der Waals surface area contributed by atoms with E-state index >= 15 is 0 Å². The second-order valence-corrected chi connectivity index (χ2v) is 12.2. The van der Waals surface area contributed by atoms with Gasteiger partial charge in [0.25, 0.3) is 0 Å². The van der Waals surface area contributed by atoms with E-state index in [2.05, 4.69) is 45.9 Å². The van der Waals surface area contributed by atoms with Gasteiger partial charge < -0.3 is 25.6 Å². The Bertz CT molecular complexity index is 1330. The number of piperidine rings is 1. The van der Waals surface area contributed by atoms with Gasteiger partial charge >= 0.3 is 0 Å². The van der Waals surface area contributed by atoms with E-state index in [1.165, 1.54) is 11.1 Å². The third-order valence-corrected chi connectivity index (χ3v) is 8.70. The number of aliphatic hydroxyl groups is 1. The number of H-pyrrole nitrogens is 1. The van der Waals surface area contributed by atoms with Crippen molar-refractivity contribution in [1.82, 2.24) is 20.5 Å². The number of aliphatic hydroxyl groups excluding tert-OH is 1. The number of benzene rings is 2. The van der Waals surface area contributed by atoms with Gasteiger partial charge in [0.15, 0.2) is 0 Å². The molecule has 1 aromatic heterocycles. The molecule has 2 amide bonds. The predicted molar refractivity (Wildman–Crippen MR) is 162 cm³/mol. The van der Waals surface area contributed by atoms with Crippen LogP contribution in [0.3, 0.4) is 0 Å². The molecule has 0 unspecified atom stereocenters. The van der Waals surface area contributed by atoms with Crippen molar-refractivity contribution in [3.8, 4) is 0 Å². The molecular weight excluding hydrogens is 524 g/mol. The summed E-state index contributed by atoms with van der Waals surface area (Å²) in [6.07, 6.45) is 6.27. The van der Waals surface area contributed by atoms with Crippen molar-refractivity contribution >= 4 is 35.1 Å². The molecule has 1 aliphatic heterocycles. The Morgan fingerprint density at radius 1 is 1.07 bits per heavy atom. The van der Waals surface area contributed by atoms with Crippen LogP contribution < -0.4 is 10.6 Å². The van der Waals surface area contributed by atoms with Gasteiger partial charge in [-0.2, -0.15) is 0 Å². The first-order valence-electron chi connectivity index (χ1n) is 14.3. The van der Waals surface area contributed by atoms with Crippen molar-refractivity contribution < 1.29 is 14.7 Å². The molecule has 40 heavy (non-hydrogen) atoms. The molecule has 3 aromatic rings. The lowest BCUT2D eigenvalue weighted by Gasteiger charge is -2.41. The minimum atomic E-state index is -0.644. The van der Waals surface area contributed by atoms with Crippen molar-refractivity contribution in [1.29, 1.82) is 0 Å². The Hall–Kier alpha value is -2.87. The minimum Gasteiger partial charge on any atom is -0.392 e. The van der Waals surface area contributed by atoms with Gasteiger partial charge in [0.2, 0.25) is 11.8 Å². The van der Waals surface area contributed by atoms with Crippen LogP contribution in [0.25, 0.3) is 10.9 Å². The molecule has 1 fully saturated rings. The Kier molecular flexibility index (Phi) is 9.28. The molecule has 1 saturated heterocycles. The van der Waals surface area contributed by atoms with Gasteiger partial charge in [0.05, 0.1) is 6.10 Å². The minimum absolute atomic E-state index is 0. The number of amides is 2. The summed E-state index contributed by atoms with van der Waals surface area (Å²) in [5.41, 5.74) is 4.62. The number of rotatable bonds is 9. The number of aromatic amines is 1. The highest BCUT2D eigenvalue weighted by Gasteiger charge is 2.42. The normalized spacial score (nSPS) is 17.8. The molecule has 2 atom stereocenters. The van der Waals surface area contributed by atoms with E-state index in [1.54, 1.807) is 6.92 Å². The van der Waals surface area contributed by atoms with Gasteiger partial charge in [-0.15, -0.1) is 12.4 Å². The summed E-state index contributed by atoms with van der Waals surface area (Å²) in [5, 5.41) is 17.1. The highest BCUT2D eigenvalue weighted by molar-refractivity contribution is 5.90. The number of carbonyl (C=O) groups is 2. The van der Waals surface area contributed by atoms with E-state index in [4.69, 9.17) is 0 Å². The first kappa shape index (κ1) is 30.1. The number of nitrogens with zero attached hydrogens (tertiary/aromatic N) is 1. The van der Waals surface area contributed by atoms with Gasteiger partial charge in [-0.1, -0.05) is 42.5 Å². The Morgan fingerprint density at radius 3 is 2.52 bits per heavy atom. The topological polar surface area (TPSA) is 97.5 Å².